The molecule has 34 heavy (non-hydrogen) atoms. The number of carbonyl (C=O) groups excluding carboxylic acids is 1. The first kappa shape index (κ1) is 24.6. The molecule has 0 aliphatic rings. The van der Waals surface area contributed by atoms with Crippen molar-refractivity contribution in [2.45, 2.75) is 27.4 Å². The monoisotopic (exact) mass is 462 g/mol. The van der Waals surface area contributed by atoms with E-state index in [-0.39, 0.29) is 5.91 Å². The molecule has 0 bridgehead atoms. The van der Waals surface area contributed by atoms with Crippen LogP contribution in [-0.4, -0.2) is 32.4 Å². The van der Waals surface area contributed by atoms with E-state index in [4.69, 9.17) is 18.9 Å². The maximum atomic E-state index is 12.5. The fraction of sp³-hybridized carbons (Fsp3) is 0.259. The first-order valence-electron chi connectivity index (χ1n) is 11.1. The number of rotatable bonds is 11. The number of nitrogens with one attached hydrogen (secondary N) is 1. The second-order valence-corrected chi connectivity index (χ2v) is 7.41. The summed E-state index contributed by atoms with van der Waals surface area (Å²) in [6.45, 7) is 7.29. The van der Waals surface area contributed by atoms with Crippen LogP contribution in [0.2, 0.25) is 0 Å². The molecule has 0 saturated heterocycles. The topological polar surface area (TPSA) is 78.4 Å². The molecule has 7 nitrogen and oxygen atoms in total. The first-order chi connectivity index (χ1) is 16.5. The van der Waals surface area contributed by atoms with Crippen LogP contribution in [0.5, 0.6) is 23.0 Å². The summed E-state index contributed by atoms with van der Waals surface area (Å²) in [5.74, 6) is 1.96. The van der Waals surface area contributed by atoms with Gasteiger partial charge in [0.2, 0.25) is 0 Å². The molecule has 0 unspecified atom stereocenters. The Balaban J connectivity index is 1.65. The minimum absolute atomic E-state index is 0.360. The molecule has 0 atom stereocenters. The quantitative estimate of drug-likeness (QED) is 0.315. The Labute approximate surface area is 200 Å². The van der Waals surface area contributed by atoms with Crippen molar-refractivity contribution in [3.8, 4) is 23.0 Å². The van der Waals surface area contributed by atoms with Crippen LogP contribution in [-0.2, 0) is 6.61 Å². The van der Waals surface area contributed by atoms with Crippen LogP contribution in [0.3, 0.4) is 0 Å². The molecule has 0 aromatic heterocycles. The second-order valence-electron chi connectivity index (χ2n) is 7.41. The van der Waals surface area contributed by atoms with E-state index in [1.165, 1.54) is 12.7 Å². The van der Waals surface area contributed by atoms with E-state index in [1.807, 2.05) is 44.2 Å². The lowest BCUT2D eigenvalue weighted by molar-refractivity contribution is 0.0954. The standard InChI is InChI=1S/C27H30N2O5/c1-5-32-23-14-12-22(16-25(23)31-4)27(30)29-28-17-21-11-13-24(26(15-21)33-6-2)34-18-20-9-7-19(3)8-10-20/h7-17H,5-6,18H2,1-4H3,(H,29,30)/b28-17+. The van der Waals surface area contributed by atoms with Gasteiger partial charge >= 0.3 is 0 Å². The molecule has 0 radical (unpaired) electrons. The molecule has 1 N–H and O–H groups in total. The molecule has 3 aromatic rings. The lowest BCUT2D eigenvalue weighted by Crippen LogP contribution is -2.17. The Kier molecular flexibility index (Phi) is 8.91. The number of aryl methyl sites for hydroxylation is 1. The largest absolute Gasteiger partial charge is 0.493 e. The van der Waals surface area contributed by atoms with Crippen LogP contribution in [0.15, 0.2) is 65.8 Å². The SMILES string of the molecule is CCOc1ccc(C(=O)N/N=C/c2ccc(OCc3ccc(C)cc3)c(OCC)c2)cc1OC. The highest BCUT2D eigenvalue weighted by atomic mass is 16.5. The van der Waals surface area contributed by atoms with E-state index in [2.05, 4.69) is 29.6 Å². The van der Waals surface area contributed by atoms with Crippen molar-refractivity contribution in [2.24, 2.45) is 5.10 Å². The third-order valence-electron chi connectivity index (χ3n) is 4.89. The zero-order chi connectivity index (χ0) is 24.3. The highest BCUT2D eigenvalue weighted by Crippen LogP contribution is 2.29. The fourth-order valence-corrected chi connectivity index (χ4v) is 3.15. The molecule has 0 fully saturated rings. The van der Waals surface area contributed by atoms with E-state index in [0.29, 0.717) is 48.4 Å². The molecule has 3 rings (SSSR count). The fourth-order valence-electron chi connectivity index (χ4n) is 3.15. The smallest absolute Gasteiger partial charge is 0.271 e. The van der Waals surface area contributed by atoms with Gasteiger partial charge in [0.05, 0.1) is 26.5 Å². The van der Waals surface area contributed by atoms with Crippen molar-refractivity contribution in [1.82, 2.24) is 5.43 Å². The van der Waals surface area contributed by atoms with E-state index in [1.54, 1.807) is 24.4 Å². The molecule has 7 heteroatoms. The van der Waals surface area contributed by atoms with Crippen LogP contribution in [0.25, 0.3) is 0 Å². The minimum Gasteiger partial charge on any atom is -0.493 e. The number of hydrazone groups is 1. The predicted molar refractivity (Wildman–Crippen MR) is 132 cm³/mol. The maximum absolute atomic E-state index is 12.5. The summed E-state index contributed by atoms with van der Waals surface area (Å²) < 4.78 is 22.5. The summed E-state index contributed by atoms with van der Waals surface area (Å²) in [6.07, 6.45) is 1.55. The Morgan fingerprint density at radius 1 is 0.853 bits per heavy atom. The predicted octanol–water partition coefficient (Wildman–Crippen LogP) is 5.14. The van der Waals surface area contributed by atoms with E-state index < -0.39 is 0 Å². The zero-order valence-corrected chi connectivity index (χ0v) is 20.0. The van der Waals surface area contributed by atoms with Crippen LogP contribution < -0.4 is 24.4 Å². The summed E-state index contributed by atoms with van der Waals surface area (Å²) in [5.41, 5.74) is 5.98. The number of hydrogen-bond acceptors (Lipinski definition) is 6. The maximum Gasteiger partial charge on any atom is 0.271 e. The lowest BCUT2D eigenvalue weighted by atomic mass is 10.2. The molecule has 0 aliphatic heterocycles. The molecule has 0 spiro atoms. The van der Waals surface area contributed by atoms with Gasteiger partial charge < -0.3 is 18.9 Å². The first-order valence-corrected chi connectivity index (χ1v) is 11.1. The van der Waals surface area contributed by atoms with Crippen LogP contribution in [0.4, 0.5) is 0 Å². The second kappa shape index (κ2) is 12.3. The van der Waals surface area contributed by atoms with Crippen LogP contribution >= 0.6 is 0 Å². The van der Waals surface area contributed by atoms with Gasteiger partial charge in [-0.1, -0.05) is 29.8 Å². The zero-order valence-electron chi connectivity index (χ0n) is 20.0. The number of ether oxygens (including phenoxy) is 4. The van der Waals surface area contributed by atoms with Crippen molar-refractivity contribution in [2.75, 3.05) is 20.3 Å². The van der Waals surface area contributed by atoms with Crippen LogP contribution in [0, 0.1) is 6.92 Å². The van der Waals surface area contributed by atoms with E-state index in [0.717, 1.165) is 11.1 Å². The summed E-state index contributed by atoms with van der Waals surface area (Å²) in [5, 5.41) is 4.07. The van der Waals surface area contributed by atoms with Crippen molar-refractivity contribution in [1.29, 1.82) is 0 Å². The number of carbonyl (C=O) groups is 1. The van der Waals surface area contributed by atoms with Gasteiger partial charge in [-0.25, -0.2) is 5.43 Å². The highest BCUT2D eigenvalue weighted by molar-refractivity contribution is 5.95. The van der Waals surface area contributed by atoms with Gasteiger partial charge in [-0.2, -0.15) is 5.10 Å². The molecule has 0 saturated carbocycles. The summed E-state index contributed by atoms with van der Waals surface area (Å²) in [4.78, 5) is 12.5. The minimum atomic E-state index is -0.360. The van der Waals surface area contributed by atoms with Crippen molar-refractivity contribution in [3.63, 3.8) is 0 Å². The molecule has 0 heterocycles. The highest BCUT2D eigenvalue weighted by Gasteiger charge is 2.11. The van der Waals surface area contributed by atoms with Gasteiger partial charge in [-0.3, -0.25) is 4.79 Å². The Bertz CT molecular complexity index is 1130. The number of nitrogens with zero attached hydrogens (tertiary/aromatic N) is 1. The van der Waals surface area contributed by atoms with Gasteiger partial charge in [0.1, 0.15) is 6.61 Å². The lowest BCUT2D eigenvalue weighted by Gasteiger charge is -2.13. The number of hydrogen-bond donors (Lipinski definition) is 1. The summed E-state index contributed by atoms with van der Waals surface area (Å²) in [7, 11) is 1.53. The average Bonchev–Trinajstić information content (AvgIpc) is 2.85. The van der Waals surface area contributed by atoms with E-state index >= 15 is 0 Å². The molecule has 3 aromatic carbocycles. The van der Waals surface area contributed by atoms with Crippen molar-refractivity contribution in [3.05, 3.63) is 82.9 Å². The molecule has 178 valence electrons. The third kappa shape index (κ3) is 6.75. The van der Waals surface area contributed by atoms with Crippen molar-refractivity contribution < 1.29 is 23.7 Å². The van der Waals surface area contributed by atoms with Crippen LogP contribution in [0.1, 0.15) is 40.9 Å². The molecular formula is C27H30N2O5. The Morgan fingerprint density at radius 3 is 2.24 bits per heavy atom. The number of methoxy groups -OCH3 is 1. The molecular weight excluding hydrogens is 432 g/mol. The Morgan fingerprint density at radius 2 is 1.53 bits per heavy atom. The number of benzene rings is 3. The third-order valence-corrected chi connectivity index (χ3v) is 4.89. The van der Waals surface area contributed by atoms with E-state index in [9.17, 15) is 4.79 Å². The van der Waals surface area contributed by atoms with Gasteiger partial charge in [-0.15, -0.1) is 0 Å². The average molecular weight is 463 g/mol. The van der Waals surface area contributed by atoms with Gasteiger partial charge in [0.25, 0.3) is 5.91 Å². The van der Waals surface area contributed by atoms with Gasteiger partial charge in [-0.05, 0) is 68.3 Å². The Hall–Kier alpha value is -4.00. The molecule has 0 aliphatic carbocycles. The molecule has 1 amide bonds. The summed E-state index contributed by atoms with van der Waals surface area (Å²) >= 11 is 0. The normalized spacial score (nSPS) is 10.7. The number of amides is 1. The van der Waals surface area contributed by atoms with Gasteiger partial charge in [0.15, 0.2) is 23.0 Å². The van der Waals surface area contributed by atoms with Gasteiger partial charge in [0, 0.05) is 5.56 Å². The van der Waals surface area contributed by atoms with Crippen molar-refractivity contribution >= 4 is 12.1 Å². The summed E-state index contributed by atoms with van der Waals surface area (Å²) in [6, 6.07) is 18.7.